The zero-order chi connectivity index (χ0) is 11.5. The minimum absolute atomic E-state index is 0.210. The van der Waals surface area contributed by atoms with Crippen molar-refractivity contribution in [2.45, 2.75) is 13.3 Å². The van der Waals surface area contributed by atoms with E-state index in [9.17, 15) is 9.90 Å². The van der Waals surface area contributed by atoms with Crippen LogP contribution in [0.1, 0.15) is 12.5 Å². The van der Waals surface area contributed by atoms with Crippen LogP contribution < -0.4 is 5.56 Å². The Kier molecular flexibility index (Phi) is 2.68. The smallest absolute Gasteiger partial charge is 0.258 e. The van der Waals surface area contributed by atoms with Crippen LogP contribution in [-0.2, 0) is 6.42 Å². The number of aromatic hydroxyl groups is 1. The molecule has 2 heterocycles. The number of H-pyrrole nitrogens is 1. The summed E-state index contributed by atoms with van der Waals surface area (Å²) in [4.78, 5) is 22.0. The summed E-state index contributed by atoms with van der Waals surface area (Å²) in [7, 11) is 0. The second kappa shape index (κ2) is 4.14. The highest BCUT2D eigenvalue weighted by atomic mass is 16.3. The molecule has 0 saturated carbocycles. The summed E-state index contributed by atoms with van der Waals surface area (Å²) in [6.45, 7) is 1.79. The summed E-state index contributed by atoms with van der Waals surface area (Å²) in [5.41, 5.74) is 0.713. The number of rotatable bonds is 2. The maximum absolute atomic E-state index is 11.6. The Balaban J connectivity index is 2.57. The van der Waals surface area contributed by atoms with Crippen LogP contribution in [0.15, 0.2) is 29.3 Å². The molecule has 0 atom stereocenters. The summed E-state index contributed by atoms with van der Waals surface area (Å²) < 4.78 is 0. The fourth-order valence-corrected chi connectivity index (χ4v) is 1.45. The van der Waals surface area contributed by atoms with Crippen LogP contribution in [0.4, 0.5) is 0 Å². The molecule has 0 aliphatic carbocycles. The van der Waals surface area contributed by atoms with Crippen LogP contribution in [0.25, 0.3) is 11.4 Å². The molecule has 2 aromatic heterocycles. The van der Waals surface area contributed by atoms with Crippen molar-refractivity contribution < 1.29 is 5.11 Å². The third-order valence-electron chi connectivity index (χ3n) is 2.30. The van der Waals surface area contributed by atoms with E-state index in [0.29, 0.717) is 23.4 Å². The molecular weight excluding hydrogens is 206 g/mol. The first-order valence-corrected chi connectivity index (χ1v) is 4.95. The van der Waals surface area contributed by atoms with Crippen molar-refractivity contribution in [2.24, 2.45) is 0 Å². The van der Waals surface area contributed by atoms with Crippen molar-refractivity contribution >= 4 is 0 Å². The Morgan fingerprint density at radius 2 is 2.06 bits per heavy atom. The van der Waals surface area contributed by atoms with E-state index < -0.39 is 0 Å². The summed E-state index contributed by atoms with van der Waals surface area (Å²) in [5.74, 6) is 0.139. The van der Waals surface area contributed by atoms with Gasteiger partial charge in [0, 0.05) is 18.0 Å². The van der Waals surface area contributed by atoms with Crippen molar-refractivity contribution in [2.75, 3.05) is 0 Å². The highest BCUT2D eigenvalue weighted by Gasteiger charge is 2.09. The Bertz CT molecular complexity index is 549. The van der Waals surface area contributed by atoms with E-state index in [4.69, 9.17) is 0 Å². The van der Waals surface area contributed by atoms with Crippen LogP contribution in [-0.4, -0.2) is 20.1 Å². The van der Waals surface area contributed by atoms with Gasteiger partial charge in [-0.25, -0.2) is 0 Å². The summed E-state index contributed by atoms with van der Waals surface area (Å²) in [6.07, 6.45) is 3.64. The van der Waals surface area contributed by atoms with Crippen molar-refractivity contribution in [1.29, 1.82) is 0 Å². The van der Waals surface area contributed by atoms with Crippen molar-refractivity contribution in [3.05, 3.63) is 40.4 Å². The Morgan fingerprint density at radius 1 is 1.38 bits per heavy atom. The van der Waals surface area contributed by atoms with Crippen LogP contribution in [0.3, 0.4) is 0 Å². The molecule has 0 aliphatic heterocycles. The molecule has 2 N–H and O–H groups in total. The molecule has 0 unspecified atom stereocenters. The lowest BCUT2D eigenvalue weighted by Crippen LogP contribution is -2.14. The first kappa shape index (κ1) is 10.4. The van der Waals surface area contributed by atoms with E-state index >= 15 is 0 Å². The van der Waals surface area contributed by atoms with Gasteiger partial charge in [0.1, 0.15) is 5.82 Å². The molecule has 0 spiro atoms. The molecule has 0 aliphatic rings. The number of hydrogen-bond acceptors (Lipinski definition) is 4. The zero-order valence-corrected chi connectivity index (χ0v) is 8.77. The van der Waals surface area contributed by atoms with E-state index in [1.54, 1.807) is 31.5 Å². The van der Waals surface area contributed by atoms with Gasteiger partial charge in [-0.1, -0.05) is 6.92 Å². The molecule has 82 valence electrons. The molecule has 5 nitrogen and oxygen atoms in total. The quantitative estimate of drug-likeness (QED) is 0.789. The van der Waals surface area contributed by atoms with E-state index in [2.05, 4.69) is 15.0 Å². The van der Waals surface area contributed by atoms with E-state index in [1.807, 2.05) is 0 Å². The molecule has 2 rings (SSSR count). The van der Waals surface area contributed by atoms with Crippen LogP contribution >= 0.6 is 0 Å². The first-order chi connectivity index (χ1) is 7.72. The molecule has 0 amide bonds. The van der Waals surface area contributed by atoms with Crippen molar-refractivity contribution in [3.63, 3.8) is 0 Å². The molecule has 5 heteroatoms. The topological polar surface area (TPSA) is 78.9 Å². The van der Waals surface area contributed by atoms with E-state index in [-0.39, 0.29) is 11.4 Å². The second-order valence-electron chi connectivity index (χ2n) is 3.31. The van der Waals surface area contributed by atoms with E-state index in [0.717, 1.165) is 0 Å². The number of aromatic nitrogens is 3. The maximum Gasteiger partial charge on any atom is 0.258 e. The van der Waals surface area contributed by atoms with Gasteiger partial charge in [0.2, 0.25) is 5.88 Å². The maximum atomic E-state index is 11.6. The van der Waals surface area contributed by atoms with Gasteiger partial charge in [-0.15, -0.1) is 0 Å². The lowest BCUT2D eigenvalue weighted by molar-refractivity contribution is 0.444. The monoisotopic (exact) mass is 217 g/mol. The molecule has 0 aromatic carbocycles. The highest BCUT2D eigenvalue weighted by Crippen LogP contribution is 2.16. The third kappa shape index (κ3) is 1.79. The Morgan fingerprint density at radius 3 is 2.62 bits per heavy atom. The molecule has 0 radical (unpaired) electrons. The van der Waals surface area contributed by atoms with Crippen LogP contribution in [0.5, 0.6) is 5.88 Å². The first-order valence-electron chi connectivity index (χ1n) is 4.95. The summed E-state index contributed by atoms with van der Waals surface area (Å²) in [5, 5.41) is 9.59. The molecule has 2 aromatic rings. The number of hydrogen-bond donors (Lipinski definition) is 2. The van der Waals surface area contributed by atoms with Crippen LogP contribution in [0, 0.1) is 0 Å². The number of aromatic amines is 1. The average molecular weight is 217 g/mol. The van der Waals surface area contributed by atoms with Gasteiger partial charge in [-0.05, 0) is 18.6 Å². The van der Waals surface area contributed by atoms with Gasteiger partial charge in [-0.2, -0.15) is 4.98 Å². The molecule has 16 heavy (non-hydrogen) atoms. The predicted molar refractivity (Wildman–Crippen MR) is 59.1 cm³/mol. The summed E-state index contributed by atoms with van der Waals surface area (Å²) in [6, 6.07) is 3.42. The van der Waals surface area contributed by atoms with Gasteiger partial charge >= 0.3 is 0 Å². The number of nitrogens with one attached hydrogen (secondary N) is 1. The highest BCUT2D eigenvalue weighted by molar-refractivity contribution is 5.54. The van der Waals surface area contributed by atoms with E-state index in [1.165, 1.54) is 0 Å². The van der Waals surface area contributed by atoms with Gasteiger partial charge in [-0.3, -0.25) is 9.78 Å². The lowest BCUT2D eigenvalue weighted by Gasteiger charge is -2.03. The largest absolute Gasteiger partial charge is 0.493 e. The average Bonchev–Trinajstić information content (AvgIpc) is 2.30. The normalized spacial score (nSPS) is 10.3. The number of nitrogens with zero attached hydrogens (tertiary/aromatic N) is 2. The van der Waals surface area contributed by atoms with Gasteiger partial charge in [0.25, 0.3) is 5.56 Å². The second-order valence-corrected chi connectivity index (χ2v) is 3.31. The van der Waals surface area contributed by atoms with Crippen LogP contribution in [0.2, 0.25) is 0 Å². The molecule has 0 bridgehead atoms. The molecule has 0 fully saturated rings. The molecule has 0 saturated heterocycles. The van der Waals surface area contributed by atoms with Gasteiger partial charge in [0.05, 0.1) is 5.56 Å². The minimum atomic E-state index is -0.304. The van der Waals surface area contributed by atoms with Gasteiger partial charge < -0.3 is 10.1 Å². The summed E-state index contributed by atoms with van der Waals surface area (Å²) >= 11 is 0. The standard InChI is InChI=1S/C11H11N3O2/c1-2-8-10(15)13-9(14-11(8)16)7-3-5-12-6-4-7/h3-6H,2H2,1H3,(H2,13,14,15,16). The Hall–Kier alpha value is -2.17. The predicted octanol–water partition coefficient (Wildman–Crippen LogP) is 1.10. The van der Waals surface area contributed by atoms with Crippen molar-refractivity contribution in [3.8, 4) is 17.3 Å². The third-order valence-corrected chi connectivity index (χ3v) is 2.30. The van der Waals surface area contributed by atoms with Crippen molar-refractivity contribution in [1.82, 2.24) is 15.0 Å². The number of pyridine rings is 1. The fourth-order valence-electron chi connectivity index (χ4n) is 1.45. The minimum Gasteiger partial charge on any atom is -0.493 e. The fraction of sp³-hybridized carbons (Fsp3) is 0.182. The zero-order valence-electron chi connectivity index (χ0n) is 8.77. The SMILES string of the molecule is CCc1c(O)nc(-c2ccncc2)[nH]c1=O. The Labute approximate surface area is 91.8 Å². The van der Waals surface area contributed by atoms with Gasteiger partial charge in [0.15, 0.2) is 0 Å². The molecular formula is C11H11N3O2. The lowest BCUT2D eigenvalue weighted by atomic mass is 10.2.